The first-order valence-electron chi connectivity index (χ1n) is 23.1. The minimum atomic E-state index is -0.567. The van der Waals surface area contributed by atoms with E-state index in [2.05, 4.69) is 178 Å². The van der Waals surface area contributed by atoms with Gasteiger partial charge in [0.1, 0.15) is 35.6 Å². The van der Waals surface area contributed by atoms with Crippen molar-refractivity contribution in [3.05, 3.63) is 191 Å². The van der Waals surface area contributed by atoms with Gasteiger partial charge in [-0.05, 0) is 144 Å². The van der Waals surface area contributed by atoms with Crippen LogP contribution >= 0.6 is 0 Å². The fraction of sp³-hybridized carbons (Fsp3) is 0.203. The van der Waals surface area contributed by atoms with Crippen molar-refractivity contribution in [1.82, 2.24) is 9.55 Å². The second kappa shape index (κ2) is 17.3. The SMILES string of the molecule is CCCc1ccnc(-n2c3ccccc3c3ccc(Oc4cc(-c5cc(C)cc(C)c5)cc(N5CN(c6c(C(C)C)cc(-c7c(F)cccc7F)cc6C(C)C)c6ccccc65)c4)cc32)c1. The molecule has 7 aromatic carbocycles. The van der Waals surface area contributed by atoms with Crippen molar-refractivity contribution in [2.75, 3.05) is 16.5 Å². The number of fused-ring (bicyclic) bond motifs is 4. The van der Waals surface area contributed by atoms with E-state index < -0.39 is 11.6 Å². The van der Waals surface area contributed by atoms with Crippen molar-refractivity contribution in [3.8, 4) is 39.6 Å². The molecule has 66 heavy (non-hydrogen) atoms. The Morgan fingerprint density at radius 3 is 1.94 bits per heavy atom. The first kappa shape index (κ1) is 42.7. The molecule has 2 aromatic heterocycles. The van der Waals surface area contributed by atoms with Crippen LogP contribution in [0.2, 0.25) is 0 Å². The van der Waals surface area contributed by atoms with E-state index in [1.54, 1.807) is 0 Å². The van der Waals surface area contributed by atoms with Gasteiger partial charge < -0.3 is 14.5 Å². The van der Waals surface area contributed by atoms with Crippen molar-refractivity contribution < 1.29 is 13.5 Å². The molecule has 0 amide bonds. The highest BCUT2D eigenvalue weighted by Crippen LogP contribution is 2.50. The van der Waals surface area contributed by atoms with E-state index >= 15 is 8.78 Å². The number of aromatic nitrogens is 2. The fourth-order valence-electron chi connectivity index (χ4n) is 9.95. The maximum absolute atomic E-state index is 15.4. The number of hydrogen-bond acceptors (Lipinski definition) is 4. The number of halogens is 2. The molecule has 0 aliphatic carbocycles. The molecule has 0 fully saturated rings. The molecule has 3 heterocycles. The molecule has 1 aliphatic heterocycles. The monoisotopic (exact) mass is 872 g/mol. The molecular formula is C59H54F2N4O. The molecule has 1 aliphatic rings. The topological polar surface area (TPSA) is 33.5 Å². The van der Waals surface area contributed by atoms with Gasteiger partial charge in [0.2, 0.25) is 0 Å². The van der Waals surface area contributed by atoms with Crippen LogP contribution < -0.4 is 14.5 Å². The summed E-state index contributed by atoms with van der Waals surface area (Å²) in [6.45, 7) is 15.6. The molecular weight excluding hydrogens is 819 g/mol. The predicted molar refractivity (Wildman–Crippen MR) is 270 cm³/mol. The van der Waals surface area contributed by atoms with E-state index in [0.717, 1.165) is 91.2 Å². The zero-order chi connectivity index (χ0) is 45.8. The molecule has 330 valence electrons. The standard InChI is InChI=1S/C59H54F2N4O/c1-8-14-40-23-24-62-57(28-40)65-53-18-10-9-15-47(53)48-22-21-45(34-56(48)65)66-46-30-42(41-26-38(6)25-39(7)27-41)29-44(33-46)63-35-64(55-20-12-11-19-54(55)63)59-49(36(2)3)31-43(32-50(59)37(4)5)58-51(60)16-13-17-52(58)61/h9-13,15-34,36-37H,8,14,35H2,1-7H3. The molecule has 0 spiro atoms. The molecule has 0 unspecified atom stereocenters. The molecule has 10 rings (SSSR count). The van der Waals surface area contributed by atoms with Gasteiger partial charge in [-0.1, -0.05) is 107 Å². The number of hydrogen-bond donors (Lipinski definition) is 0. The lowest BCUT2D eigenvalue weighted by Crippen LogP contribution is -2.26. The minimum Gasteiger partial charge on any atom is -0.457 e. The van der Waals surface area contributed by atoms with Crippen LogP contribution in [-0.2, 0) is 6.42 Å². The number of aryl methyl sites for hydroxylation is 3. The van der Waals surface area contributed by atoms with E-state index in [4.69, 9.17) is 9.72 Å². The van der Waals surface area contributed by atoms with E-state index in [-0.39, 0.29) is 17.4 Å². The average molecular weight is 873 g/mol. The second-order valence-corrected chi connectivity index (χ2v) is 18.4. The van der Waals surface area contributed by atoms with Gasteiger partial charge in [0, 0.05) is 40.5 Å². The van der Waals surface area contributed by atoms with Gasteiger partial charge in [-0.2, -0.15) is 0 Å². The molecule has 9 aromatic rings. The van der Waals surface area contributed by atoms with Crippen LogP contribution in [0.4, 0.5) is 31.5 Å². The quantitative estimate of drug-likeness (QED) is 0.130. The van der Waals surface area contributed by atoms with E-state index in [1.807, 2.05) is 18.3 Å². The van der Waals surface area contributed by atoms with Crippen LogP contribution in [0.25, 0.3) is 49.9 Å². The second-order valence-electron chi connectivity index (χ2n) is 18.4. The number of pyridine rings is 1. The van der Waals surface area contributed by atoms with Crippen molar-refractivity contribution >= 4 is 44.6 Å². The van der Waals surface area contributed by atoms with Gasteiger partial charge in [0.15, 0.2) is 0 Å². The van der Waals surface area contributed by atoms with Crippen molar-refractivity contribution in [2.45, 2.75) is 73.1 Å². The largest absolute Gasteiger partial charge is 0.457 e. The van der Waals surface area contributed by atoms with E-state index in [1.165, 1.54) is 34.9 Å². The first-order valence-corrected chi connectivity index (χ1v) is 23.1. The highest BCUT2D eigenvalue weighted by Gasteiger charge is 2.33. The number of benzene rings is 7. The van der Waals surface area contributed by atoms with Crippen LogP contribution in [-0.4, -0.2) is 16.2 Å². The molecule has 0 N–H and O–H groups in total. The van der Waals surface area contributed by atoms with Crippen molar-refractivity contribution in [1.29, 1.82) is 0 Å². The summed E-state index contributed by atoms with van der Waals surface area (Å²) in [5.41, 5.74) is 14.7. The van der Waals surface area contributed by atoms with Crippen molar-refractivity contribution in [2.24, 2.45) is 0 Å². The Kier molecular flexibility index (Phi) is 11.2. The molecule has 0 radical (unpaired) electrons. The Balaban J connectivity index is 1.11. The highest BCUT2D eigenvalue weighted by atomic mass is 19.1. The third-order valence-electron chi connectivity index (χ3n) is 12.9. The van der Waals surface area contributed by atoms with Gasteiger partial charge in [-0.3, -0.25) is 4.57 Å². The fourth-order valence-corrected chi connectivity index (χ4v) is 9.95. The van der Waals surface area contributed by atoms with E-state index in [0.29, 0.717) is 18.0 Å². The predicted octanol–water partition coefficient (Wildman–Crippen LogP) is 16.6. The Hall–Kier alpha value is -7.25. The van der Waals surface area contributed by atoms with E-state index in [9.17, 15) is 0 Å². The Morgan fingerprint density at radius 1 is 0.591 bits per heavy atom. The van der Waals surface area contributed by atoms with Crippen LogP contribution in [0.5, 0.6) is 11.5 Å². The molecule has 5 nitrogen and oxygen atoms in total. The summed E-state index contributed by atoms with van der Waals surface area (Å²) >= 11 is 0. The number of nitrogens with zero attached hydrogens (tertiary/aromatic N) is 4. The van der Waals surface area contributed by atoms with Gasteiger partial charge in [0.25, 0.3) is 0 Å². The lowest BCUT2D eigenvalue weighted by Gasteiger charge is -2.30. The smallest absolute Gasteiger partial charge is 0.137 e. The van der Waals surface area contributed by atoms with Gasteiger partial charge in [-0.15, -0.1) is 0 Å². The lowest BCUT2D eigenvalue weighted by molar-refractivity contribution is 0.483. The van der Waals surface area contributed by atoms with Crippen LogP contribution in [0.1, 0.15) is 80.7 Å². The molecule has 0 saturated heterocycles. The normalized spacial score (nSPS) is 12.6. The number of para-hydroxylation sites is 3. The molecule has 7 heteroatoms. The zero-order valence-electron chi connectivity index (χ0n) is 38.7. The Labute approximate surface area is 386 Å². The highest BCUT2D eigenvalue weighted by molar-refractivity contribution is 6.09. The third kappa shape index (κ3) is 7.76. The van der Waals surface area contributed by atoms with Gasteiger partial charge in [0.05, 0.1) is 28.0 Å². The Bertz CT molecular complexity index is 3240. The first-order chi connectivity index (χ1) is 31.9. The number of anilines is 4. The molecule has 0 saturated carbocycles. The third-order valence-corrected chi connectivity index (χ3v) is 12.9. The van der Waals surface area contributed by atoms with Crippen LogP contribution in [0.15, 0.2) is 152 Å². The molecule has 0 atom stereocenters. The molecule has 0 bridgehead atoms. The number of rotatable bonds is 11. The van der Waals surface area contributed by atoms with Crippen LogP contribution in [0, 0.1) is 25.5 Å². The Morgan fingerprint density at radius 2 is 1.24 bits per heavy atom. The number of ether oxygens (including phenoxy) is 1. The average Bonchev–Trinajstić information content (AvgIpc) is 3.84. The van der Waals surface area contributed by atoms with Gasteiger partial charge >= 0.3 is 0 Å². The zero-order valence-corrected chi connectivity index (χ0v) is 38.7. The van der Waals surface area contributed by atoms with Gasteiger partial charge in [-0.25, -0.2) is 13.8 Å². The summed E-state index contributed by atoms with van der Waals surface area (Å²) in [6.07, 6.45) is 3.96. The van der Waals surface area contributed by atoms with Crippen molar-refractivity contribution in [3.63, 3.8) is 0 Å². The maximum atomic E-state index is 15.4. The summed E-state index contributed by atoms with van der Waals surface area (Å²) in [7, 11) is 0. The minimum absolute atomic E-state index is 0.00508. The summed E-state index contributed by atoms with van der Waals surface area (Å²) in [4.78, 5) is 9.60. The van der Waals surface area contributed by atoms with Crippen LogP contribution in [0.3, 0.4) is 0 Å². The summed E-state index contributed by atoms with van der Waals surface area (Å²) in [5, 5.41) is 2.29. The summed E-state index contributed by atoms with van der Waals surface area (Å²) in [5.74, 6) is 1.31. The summed E-state index contributed by atoms with van der Waals surface area (Å²) in [6, 6.07) is 48.9. The summed E-state index contributed by atoms with van der Waals surface area (Å²) < 4.78 is 40.0. The lowest BCUT2D eigenvalue weighted by atomic mass is 9.87. The maximum Gasteiger partial charge on any atom is 0.137 e.